The third-order valence-electron chi connectivity index (χ3n) is 1.20. The van der Waals surface area contributed by atoms with E-state index in [1.807, 2.05) is 0 Å². The topological polar surface area (TPSA) is 66.0 Å². The van der Waals surface area contributed by atoms with Crippen molar-refractivity contribution in [3.8, 4) is 0 Å². The first-order chi connectivity index (χ1) is 5.27. The number of nitrogens with one attached hydrogen (secondary N) is 1. The average molecular weight is 300 g/mol. The summed E-state index contributed by atoms with van der Waals surface area (Å²) in [5.74, 6) is 0.339. The first kappa shape index (κ1) is 11.8. The lowest BCUT2D eigenvalue weighted by Gasteiger charge is -1.88. The molecule has 1 rings (SSSR count). The molecule has 1 aromatic rings. The number of aromatic amines is 1. The van der Waals surface area contributed by atoms with Gasteiger partial charge in [0.25, 0.3) is 0 Å². The maximum atomic E-state index is 10.9. The largest absolute Gasteiger partial charge is 0.388 e. The van der Waals surface area contributed by atoms with Crippen molar-refractivity contribution in [3.63, 3.8) is 0 Å². The summed E-state index contributed by atoms with van der Waals surface area (Å²) in [7, 11) is 0. The van der Waals surface area contributed by atoms with Crippen molar-refractivity contribution in [1.82, 2.24) is 9.97 Å². The smallest absolute Gasteiger partial charge is 0.191 e. The summed E-state index contributed by atoms with van der Waals surface area (Å²) in [5, 5.41) is 8.85. The Hall–Kier alpha value is -0.200. The molecule has 0 amide bonds. The number of Topliss-reactive ketones (excluding diaryl/α,β-unsaturated/α-hetero) is 1. The summed E-state index contributed by atoms with van der Waals surface area (Å²) < 4.78 is 0. The van der Waals surface area contributed by atoms with E-state index < -0.39 is 0 Å². The van der Waals surface area contributed by atoms with Gasteiger partial charge in [-0.1, -0.05) is 15.9 Å². The van der Waals surface area contributed by atoms with E-state index in [0.29, 0.717) is 11.5 Å². The van der Waals surface area contributed by atoms with Crippen LogP contribution in [0.15, 0.2) is 6.20 Å². The molecule has 0 radical (unpaired) electrons. The van der Waals surface area contributed by atoms with Gasteiger partial charge in [-0.2, -0.15) is 0 Å². The monoisotopic (exact) mass is 298 g/mol. The number of rotatable bonds is 3. The lowest BCUT2D eigenvalue weighted by atomic mass is 10.3. The van der Waals surface area contributed by atoms with Crippen LogP contribution in [0.5, 0.6) is 0 Å². The summed E-state index contributed by atoms with van der Waals surface area (Å²) in [6, 6.07) is 0. The molecule has 4 nitrogen and oxygen atoms in total. The van der Waals surface area contributed by atoms with Crippen molar-refractivity contribution in [2.45, 2.75) is 6.61 Å². The molecule has 1 aromatic heterocycles. The molecule has 0 saturated heterocycles. The minimum atomic E-state index is -0.171. The van der Waals surface area contributed by atoms with Gasteiger partial charge in [0.2, 0.25) is 0 Å². The van der Waals surface area contributed by atoms with Gasteiger partial charge in [-0.05, 0) is 0 Å². The van der Waals surface area contributed by atoms with E-state index in [1.165, 1.54) is 6.20 Å². The minimum Gasteiger partial charge on any atom is -0.388 e. The van der Waals surface area contributed by atoms with E-state index in [-0.39, 0.29) is 34.7 Å². The van der Waals surface area contributed by atoms with Crippen LogP contribution in [0.4, 0.5) is 0 Å². The Balaban J connectivity index is 0.00000121. The Morgan fingerprint density at radius 3 is 2.83 bits per heavy atom. The van der Waals surface area contributed by atoms with Gasteiger partial charge >= 0.3 is 0 Å². The predicted octanol–water partition coefficient (Wildman–Crippen LogP) is 1.06. The first-order valence-corrected chi connectivity index (χ1v) is 4.14. The first-order valence-electron chi connectivity index (χ1n) is 3.02. The fraction of sp³-hybridized carbons (Fsp3) is 0.333. The maximum absolute atomic E-state index is 10.9. The van der Waals surface area contributed by atoms with Crippen LogP contribution < -0.4 is 0 Å². The van der Waals surface area contributed by atoms with Gasteiger partial charge < -0.3 is 10.1 Å². The lowest BCUT2D eigenvalue weighted by Crippen LogP contribution is -2.00. The quantitative estimate of drug-likeness (QED) is 0.648. The molecule has 2 N–H and O–H groups in total. The van der Waals surface area contributed by atoms with Crippen LogP contribution in [-0.4, -0.2) is 26.2 Å². The molecular weight excluding hydrogens is 292 g/mol. The summed E-state index contributed by atoms with van der Waals surface area (Å²) in [5.41, 5.74) is 0.422. The highest BCUT2D eigenvalue weighted by atomic mass is 79.9. The Kier molecular flexibility index (Phi) is 5.36. The number of halogens is 2. The number of aliphatic hydroxyl groups excluding tert-OH is 1. The molecule has 0 aliphatic rings. The molecule has 1 heterocycles. The minimum absolute atomic E-state index is 0. The molecule has 0 saturated carbocycles. The Morgan fingerprint density at radius 1 is 1.75 bits per heavy atom. The van der Waals surface area contributed by atoms with Gasteiger partial charge in [-0.3, -0.25) is 4.79 Å². The van der Waals surface area contributed by atoms with E-state index in [4.69, 9.17) is 5.11 Å². The third kappa shape index (κ3) is 2.69. The van der Waals surface area contributed by atoms with Gasteiger partial charge in [0, 0.05) is 0 Å². The summed E-state index contributed by atoms with van der Waals surface area (Å²) in [6.45, 7) is -0.171. The molecule has 0 aromatic carbocycles. The highest BCUT2D eigenvalue weighted by Crippen LogP contribution is 1.99. The molecule has 0 atom stereocenters. The number of aliphatic hydroxyl groups is 1. The molecule has 0 bridgehead atoms. The van der Waals surface area contributed by atoms with E-state index in [9.17, 15) is 4.79 Å². The van der Waals surface area contributed by atoms with Crippen molar-refractivity contribution in [1.29, 1.82) is 0 Å². The summed E-state index contributed by atoms with van der Waals surface area (Å²) >= 11 is 3.02. The number of carbonyl (C=O) groups excluding carboxylic acids is 1. The maximum Gasteiger partial charge on any atom is 0.191 e. The Bertz CT molecular complexity index is 262. The van der Waals surface area contributed by atoms with Crippen LogP contribution in [0.25, 0.3) is 0 Å². The van der Waals surface area contributed by atoms with Gasteiger partial charge in [-0.25, -0.2) is 4.98 Å². The third-order valence-corrected chi connectivity index (χ3v) is 1.71. The Morgan fingerprint density at radius 2 is 2.42 bits per heavy atom. The zero-order valence-corrected chi connectivity index (χ0v) is 9.38. The van der Waals surface area contributed by atoms with Gasteiger partial charge in [0.15, 0.2) is 5.78 Å². The Labute approximate surface area is 88.3 Å². The molecule has 0 aliphatic heterocycles. The highest BCUT2D eigenvalue weighted by Gasteiger charge is 2.06. The number of imidazole rings is 1. The van der Waals surface area contributed by atoms with Crippen molar-refractivity contribution < 1.29 is 9.90 Å². The molecule has 12 heavy (non-hydrogen) atoms. The predicted molar refractivity (Wildman–Crippen MR) is 53.0 cm³/mol. The molecule has 0 fully saturated rings. The number of alkyl halides is 1. The van der Waals surface area contributed by atoms with Crippen LogP contribution in [0.1, 0.15) is 16.3 Å². The standard InChI is InChI=1S/C6H7BrN2O2.BrH/c7-1-5(11)4-2-8-6(3-10)9-4;/h2,10H,1,3H2,(H,8,9);1H. The number of hydrogen-bond acceptors (Lipinski definition) is 3. The highest BCUT2D eigenvalue weighted by molar-refractivity contribution is 9.09. The number of aromatic nitrogens is 2. The molecule has 0 unspecified atom stereocenters. The lowest BCUT2D eigenvalue weighted by molar-refractivity contribution is 0.101. The van der Waals surface area contributed by atoms with Crippen molar-refractivity contribution in [3.05, 3.63) is 17.7 Å². The van der Waals surface area contributed by atoms with Gasteiger partial charge in [-0.15, -0.1) is 17.0 Å². The SMILES string of the molecule is Br.O=C(CBr)c1cnc(CO)[nH]1. The van der Waals surface area contributed by atoms with E-state index >= 15 is 0 Å². The van der Waals surface area contributed by atoms with Crippen LogP contribution >= 0.6 is 32.9 Å². The van der Waals surface area contributed by atoms with Crippen LogP contribution in [0.3, 0.4) is 0 Å². The second-order valence-electron chi connectivity index (χ2n) is 1.96. The number of H-pyrrole nitrogens is 1. The normalized spacial score (nSPS) is 9.17. The van der Waals surface area contributed by atoms with Crippen molar-refractivity contribution in [2.24, 2.45) is 0 Å². The zero-order valence-electron chi connectivity index (χ0n) is 6.08. The van der Waals surface area contributed by atoms with Crippen molar-refractivity contribution >= 4 is 38.7 Å². The van der Waals surface area contributed by atoms with Gasteiger partial charge in [0.05, 0.1) is 11.5 Å². The van der Waals surface area contributed by atoms with Crippen LogP contribution in [0.2, 0.25) is 0 Å². The van der Waals surface area contributed by atoms with Crippen LogP contribution in [-0.2, 0) is 6.61 Å². The van der Waals surface area contributed by atoms with E-state index in [0.717, 1.165) is 0 Å². The van der Waals surface area contributed by atoms with Crippen molar-refractivity contribution in [2.75, 3.05) is 5.33 Å². The molecule has 6 heteroatoms. The molecule has 0 spiro atoms. The van der Waals surface area contributed by atoms with E-state index in [1.54, 1.807) is 0 Å². The zero-order chi connectivity index (χ0) is 8.27. The summed E-state index contributed by atoms with van der Waals surface area (Å²) in [4.78, 5) is 17.4. The van der Waals surface area contributed by atoms with Gasteiger partial charge in [0.1, 0.15) is 18.1 Å². The number of ketones is 1. The average Bonchev–Trinajstić information content (AvgIpc) is 2.50. The molecule has 68 valence electrons. The molecular formula is C6H8Br2N2O2. The number of nitrogens with zero attached hydrogens (tertiary/aromatic N) is 1. The second kappa shape index (κ2) is 5.45. The fourth-order valence-electron chi connectivity index (χ4n) is 0.657. The fourth-order valence-corrected chi connectivity index (χ4v) is 0.959. The second-order valence-corrected chi connectivity index (χ2v) is 2.52. The van der Waals surface area contributed by atoms with E-state index in [2.05, 4.69) is 25.9 Å². The van der Waals surface area contributed by atoms with Crippen LogP contribution in [0, 0.1) is 0 Å². The molecule has 0 aliphatic carbocycles. The number of carbonyl (C=O) groups is 1. The summed E-state index contributed by atoms with van der Waals surface area (Å²) in [6.07, 6.45) is 1.41. The number of hydrogen-bond donors (Lipinski definition) is 2.